The van der Waals surface area contributed by atoms with Gasteiger partial charge in [0.05, 0.1) is 13.2 Å². The van der Waals surface area contributed by atoms with Gasteiger partial charge in [-0.1, -0.05) is 41.9 Å². The topological polar surface area (TPSA) is 50.4 Å². The van der Waals surface area contributed by atoms with Gasteiger partial charge < -0.3 is 10.1 Å². The summed E-state index contributed by atoms with van der Waals surface area (Å²) in [5.41, 5.74) is 2.11. The van der Waals surface area contributed by atoms with E-state index >= 15 is 0 Å². The molecule has 4 nitrogen and oxygen atoms in total. The van der Waals surface area contributed by atoms with Crippen molar-refractivity contribution >= 4 is 17.5 Å². The molecule has 0 aliphatic heterocycles. The van der Waals surface area contributed by atoms with Crippen LogP contribution < -0.4 is 15.4 Å². The zero-order valence-electron chi connectivity index (χ0n) is 15.2. The number of nitrogens with one attached hydrogen (secondary N) is 2. The van der Waals surface area contributed by atoms with Crippen LogP contribution >= 0.6 is 11.6 Å². The second kappa shape index (κ2) is 8.56. The summed E-state index contributed by atoms with van der Waals surface area (Å²) < 4.78 is 5.23. The Morgan fingerprint density at radius 2 is 1.88 bits per heavy atom. The number of hydrogen-bond acceptors (Lipinski definition) is 3. The number of amides is 1. The van der Waals surface area contributed by atoms with Gasteiger partial charge in [0.2, 0.25) is 5.91 Å². The van der Waals surface area contributed by atoms with Gasteiger partial charge in [0, 0.05) is 17.6 Å². The highest BCUT2D eigenvalue weighted by molar-refractivity contribution is 6.31. The lowest BCUT2D eigenvalue weighted by atomic mass is 10.0. The van der Waals surface area contributed by atoms with Gasteiger partial charge in [-0.05, 0) is 55.0 Å². The van der Waals surface area contributed by atoms with Crippen molar-refractivity contribution in [2.24, 2.45) is 5.92 Å². The Kier molecular flexibility index (Phi) is 6.17. The van der Waals surface area contributed by atoms with E-state index in [2.05, 4.69) is 22.8 Å². The fourth-order valence-electron chi connectivity index (χ4n) is 3.07. The van der Waals surface area contributed by atoms with E-state index < -0.39 is 0 Å². The third-order valence-electron chi connectivity index (χ3n) is 4.80. The van der Waals surface area contributed by atoms with E-state index in [1.807, 2.05) is 43.3 Å². The minimum atomic E-state index is -0.287. The van der Waals surface area contributed by atoms with Crippen LogP contribution in [0.5, 0.6) is 5.75 Å². The van der Waals surface area contributed by atoms with E-state index in [0.717, 1.165) is 11.3 Å². The number of halogens is 1. The summed E-state index contributed by atoms with van der Waals surface area (Å²) in [7, 11) is 1.66. The van der Waals surface area contributed by atoms with Gasteiger partial charge >= 0.3 is 0 Å². The van der Waals surface area contributed by atoms with E-state index in [4.69, 9.17) is 16.3 Å². The first kappa shape index (κ1) is 18.7. The van der Waals surface area contributed by atoms with Crippen molar-refractivity contribution in [3.05, 3.63) is 64.7 Å². The zero-order valence-corrected chi connectivity index (χ0v) is 15.9. The minimum absolute atomic E-state index is 0.0240. The van der Waals surface area contributed by atoms with Crippen LogP contribution in [0.3, 0.4) is 0 Å². The SMILES string of the molecule is COc1ccc(C(NC(C)C(=O)NCc2ccccc2Cl)C2CC2)cc1. The summed E-state index contributed by atoms with van der Waals surface area (Å²) in [6.07, 6.45) is 2.38. The molecule has 2 N–H and O–H groups in total. The van der Waals surface area contributed by atoms with Crippen LogP contribution in [0, 0.1) is 5.92 Å². The number of hydrogen-bond donors (Lipinski definition) is 2. The minimum Gasteiger partial charge on any atom is -0.497 e. The quantitative estimate of drug-likeness (QED) is 0.733. The molecule has 0 saturated heterocycles. The molecule has 138 valence electrons. The lowest BCUT2D eigenvalue weighted by Gasteiger charge is -2.23. The highest BCUT2D eigenvalue weighted by Gasteiger charge is 2.34. The average Bonchev–Trinajstić information content (AvgIpc) is 3.50. The standard InChI is InChI=1S/C21H25ClN2O2/c1-14(21(25)23-13-17-5-3-4-6-19(17)22)24-20(15-7-8-15)16-9-11-18(26-2)12-10-16/h3-6,9-12,14-15,20,24H,7-8,13H2,1-2H3,(H,23,25). The first-order chi connectivity index (χ1) is 12.6. The highest BCUT2D eigenvalue weighted by Crippen LogP contribution is 2.41. The summed E-state index contributed by atoms with van der Waals surface area (Å²) in [6, 6.07) is 15.5. The Morgan fingerprint density at radius 3 is 2.50 bits per heavy atom. The molecule has 1 fully saturated rings. The fraction of sp³-hybridized carbons (Fsp3) is 0.381. The molecule has 2 aromatic rings. The van der Waals surface area contributed by atoms with E-state index in [-0.39, 0.29) is 18.0 Å². The van der Waals surface area contributed by atoms with Crippen molar-refractivity contribution < 1.29 is 9.53 Å². The fourth-order valence-corrected chi connectivity index (χ4v) is 3.27. The molecule has 5 heteroatoms. The number of carbonyl (C=O) groups excluding carboxylic acids is 1. The largest absolute Gasteiger partial charge is 0.497 e. The predicted octanol–water partition coefficient (Wildman–Crippen LogP) is 4.09. The van der Waals surface area contributed by atoms with Crippen molar-refractivity contribution in [2.45, 2.75) is 38.4 Å². The van der Waals surface area contributed by atoms with E-state index in [1.165, 1.54) is 18.4 Å². The summed E-state index contributed by atoms with van der Waals surface area (Å²) >= 11 is 6.15. The average molecular weight is 373 g/mol. The summed E-state index contributed by atoms with van der Waals surface area (Å²) in [6.45, 7) is 2.34. The molecule has 0 spiro atoms. The monoisotopic (exact) mass is 372 g/mol. The molecule has 2 atom stereocenters. The summed E-state index contributed by atoms with van der Waals surface area (Å²) in [5.74, 6) is 1.40. The maximum Gasteiger partial charge on any atom is 0.237 e. The molecule has 26 heavy (non-hydrogen) atoms. The van der Waals surface area contributed by atoms with Crippen molar-refractivity contribution in [3.63, 3.8) is 0 Å². The molecule has 0 aromatic heterocycles. The van der Waals surface area contributed by atoms with Gasteiger partial charge in [0.15, 0.2) is 0 Å². The Morgan fingerprint density at radius 1 is 1.19 bits per heavy atom. The van der Waals surface area contributed by atoms with Crippen molar-refractivity contribution in [3.8, 4) is 5.75 Å². The molecule has 1 amide bonds. The van der Waals surface area contributed by atoms with E-state index in [9.17, 15) is 4.79 Å². The molecule has 0 bridgehead atoms. The van der Waals surface area contributed by atoms with Crippen molar-refractivity contribution in [1.82, 2.24) is 10.6 Å². The maximum absolute atomic E-state index is 12.5. The number of benzene rings is 2. The molecule has 2 unspecified atom stereocenters. The molecule has 1 aliphatic rings. The molecule has 0 heterocycles. The van der Waals surface area contributed by atoms with Crippen LogP contribution in [0.1, 0.15) is 36.9 Å². The van der Waals surface area contributed by atoms with E-state index in [1.54, 1.807) is 7.11 Å². The van der Waals surface area contributed by atoms with Crippen molar-refractivity contribution in [1.29, 1.82) is 0 Å². The zero-order chi connectivity index (χ0) is 18.5. The molecule has 2 aromatic carbocycles. The first-order valence-corrected chi connectivity index (χ1v) is 9.37. The number of methoxy groups -OCH3 is 1. The van der Waals surface area contributed by atoms with Crippen LogP contribution in [0.25, 0.3) is 0 Å². The molecule has 3 rings (SSSR count). The first-order valence-electron chi connectivity index (χ1n) is 8.99. The Hall–Kier alpha value is -2.04. The van der Waals surface area contributed by atoms with Crippen LogP contribution in [0.4, 0.5) is 0 Å². The lowest BCUT2D eigenvalue weighted by Crippen LogP contribution is -2.44. The van der Waals surface area contributed by atoms with Gasteiger partial charge in [0.1, 0.15) is 5.75 Å². The lowest BCUT2D eigenvalue weighted by molar-refractivity contribution is -0.123. The third-order valence-corrected chi connectivity index (χ3v) is 5.17. The molecular formula is C21H25ClN2O2. The third kappa shape index (κ3) is 4.77. The Balaban J connectivity index is 1.59. The smallest absolute Gasteiger partial charge is 0.237 e. The van der Waals surface area contributed by atoms with Gasteiger partial charge in [-0.3, -0.25) is 10.1 Å². The summed E-state index contributed by atoms with van der Waals surface area (Å²) in [5, 5.41) is 7.13. The molecular weight excluding hydrogens is 348 g/mol. The van der Waals surface area contributed by atoms with Crippen LogP contribution in [0.15, 0.2) is 48.5 Å². The van der Waals surface area contributed by atoms with Crippen LogP contribution in [0.2, 0.25) is 5.02 Å². The maximum atomic E-state index is 12.5. The second-order valence-corrected chi connectivity index (χ2v) is 7.19. The van der Waals surface area contributed by atoms with E-state index in [0.29, 0.717) is 17.5 Å². The van der Waals surface area contributed by atoms with Gasteiger partial charge in [-0.25, -0.2) is 0 Å². The van der Waals surface area contributed by atoms with Crippen LogP contribution in [-0.2, 0) is 11.3 Å². The van der Waals surface area contributed by atoms with Gasteiger partial charge in [0.25, 0.3) is 0 Å². The normalized spacial score (nSPS) is 16.0. The predicted molar refractivity (Wildman–Crippen MR) is 104 cm³/mol. The number of rotatable bonds is 8. The number of ether oxygens (including phenoxy) is 1. The van der Waals surface area contributed by atoms with Gasteiger partial charge in [-0.15, -0.1) is 0 Å². The summed E-state index contributed by atoms with van der Waals surface area (Å²) in [4.78, 5) is 12.5. The molecule has 0 radical (unpaired) electrons. The van der Waals surface area contributed by atoms with Crippen LogP contribution in [-0.4, -0.2) is 19.1 Å². The number of carbonyl (C=O) groups is 1. The van der Waals surface area contributed by atoms with Gasteiger partial charge in [-0.2, -0.15) is 0 Å². The Labute approximate surface area is 159 Å². The highest BCUT2D eigenvalue weighted by atomic mass is 35.5. The molecule has 1 aliphatic carbocycles. The van der Waals surface area contributed by atoms with Crippen molar-refractivity contribution in [2.75, 3.05) is 7.11 Å². The second-order valence-electron chi connectivity index (χ2n) is 6.79. The molecule has 1 saturated carbocycles. The Bertz CT molecular complexity index is 744.